The van der Waals surface area contributed by atoms with Gasteiger partial charge in [0.05, 0.1) is 12.5 Å². The maximum absolute atomic E-state index is 12.6. The number of hydrogen-bond acceptors (Lipinski definition) is 3. The van der Waals surface area contributed by atoms with Crippen molar-refractivity contribution >= 4 is 5.91 Å². The first-order valence-corrected chi connectivity index (χ1v) is 5.13. The van der Waals surface area contributed by atoms with Gasteiger partial charge in [-0.1, -0.05) is 0 Å². The van der Waals surface area contributed by atoms with Crippen LogP contribution in [0.15, 0.2) is 24.3 Å². The van der Waals surface area contributed by atoms with Crippen molar-refractivity contribution in [3.05, 3.63) is 30.1 Å². The van der Waals surface area contributed by atoms with E-state index in [1.807, 2.05) is 6.07 Å². The Morgan fingerprint density at radius 2 is 2.12 bits per heavy atom. The molecule has 0 aliphatic rings. The quantitative estimate of drug-likeness (QED) is 0.779. The zero-order chi connectivity index (χ0) is 12.7. The first-order valence-electron chi connectivity index (χ1n) is 5.13. The Labute approximate surface area is 99.2 Å². The SMILES string of the molecule is CN(CCC#N)C(=O)COc1ccc(F)cc1. The molecule has 17 heavy (non-hydrogen) atoms. The van der Waals surface area contributed by atoms with Crippen molar-refractivity contribution in [2.24, 2.45) is 0 Å². The lowest BCUT2D eigenvalue weighted by Crippen LogP contribution is -2.32. The second-order valence-electron chi connectivity index (χ2n) is 3.47. The molecule has 0 fully saturated rings. The topological polar surface area (TPSA) is 53.3 Å². The largest absolute Gasteiger partial charge is 0.484 e. The molecule has 1 aromatic carbocycles. The summed E-state index contributed by atoms with van der Waals surface area (Å²) in [5.74, 6) is -0.132. The molecule has 1 amide bonds. The van der Waals surface area contributed by atoms with Crippen LogP contribution in [-0.4, -0.2) is 31.0 Å². The standard InChI is InChI=1S/C12H13FN2O2/c1-15(8-2-7-14)12(16)9-17-11-5-3-10(13)4-6-11/h3-6H,2,8-9H2,1H3. The van der Waals surface area contributed by atoms with Crippen LogP contribution in [0.5, 0.6) is 5.75 Å². The molecule has 0 N–H and O–H groups in total. The highest BCUT2D eigenvalue weighted by Gasteiger charge is 2.08. The Bertz CT molecular complexity index is 412. The van der Waals surface area contributed by atoms with Gasteiger partial charge in [-0.3, -0.25) is 4.79 Å². The van der Waals surface area contributed by atoms with Crippen molar-refractivity contribution < 1.29 is 13.9 Å². The lowest BCUT2D eigenvalue weighted by Gasteiger charge is -2.15. The molecule has 1 aromatic rings. The van der Waals surface area contributed by atoms with Gasteiger partial charge in [0.15, 0.2) is 6.61 Å². The fourth-order valence-electron chi connectivity index (χ4n) is 1.13. The van der Waals surface area contributed by atoms with E-state index in [1.54, 1.807) is 7.05 Å². The maximum atomic E-state index is 12.6. The number of likely N-dealkylation sites (N-methyl/N-ethyl adjacent to an activating group) is 1. The average Bonchev–Trinajstić information content (AvgIpc) is 2.34. The van der Waals surface area contributed by atoms with Gasteiger partial charge < -0.3 is 9.64 Å². The highest BCUT2D eigenvalue weighted by Crippen LogP contribution is 2.10. The van der Waals surface area contributed by atoms with Gasteiger partial charge in [-0.05, 0) is 24.3 Å². The number of carbonyl (C=O) groups excluding carboxylic acids is 1. The number of amides is 1. The van der Waals surface area contributed by atoms with Crippen LogP contribution in [-0.2, 0) is 4.79 Å². The van der Waals surface area contributed by atoms with E-state index in [-0.39, 0.29) is 18.3 Å². The molecular weight excluding hydrogens is 223 g/mol. The van der Waals surface area contributed by atoms with Crippen molar-refractivity contribution in [3.63, 3.8) is 0 Å². The van der Waals surface area contributed by atoms with Crippen LogP contribution in [0.3, 0.4) is 0 Å². The van der Waals surface area contributed by atoms with Gasteiger partial charge in [-0.25, -0.2) is 4.39 Å². The number of nitriles is 1. The number of hydrogen-bond donors (Lipinski definition) is 0. The Kier molecular flexibility index (Phi) is 4.95. The van der Waals surface area contributed by atoms with Crippen molar-refractivity contribution in [1.82, 2.24) is 4.90 Å². The highest BCUT2D eigenvalue weighted by atomic mass is 19.1. The van der Waals surface area contributed by atoms with Crippen LogP contribution in [0, 0.1) is 17.1 Å². The Balaban J connectivity index is 2.37. The molecule has 1 rings (SSSR count). The van der Waals surface area contributed by atoms with Crippen molar-refractivity contribution in [1.29, 1.82) is 5.26 Å². The lowest BCUT2D eigenvalue weighted by atomic mass is 10.3. The molecule has 5 heteroatoms. The van der Waals surface area contributed by atoms with Crippen molar-refractivity contribution in [3.8, 4) is 11.8 Å². The summed E-state index contributed by atoms with van der Waals surface area (Å²) in [6, 6.07) is 7.40. The third-order valence-electron chi connectivity index (χ3n) is 2.16. The molecular formula is C12H13FN2O2. The van der Waals surface area contributed by atoms with E-state index in [2.05, 4.69) is 0 Å². The van der Waals surface area contributed by atoms with E-state index in [0.29, 0.717) is 18.7 Å². The van der Waals surface area contributed by atoms with E-state index in [0.717, 1.165) is 0 Å². The second kappa shape index (κ2) is 6.48. The van der Waals surface area contributed by atoms with E-state index in [9.17, 15) is 9.18 Å². The first-order chi connectivity index (χ1) is 8.13. The molecule has 0 unspecified atom stereocenters. The molecule has 0 aliphatic carbocycles. The molecule has 0 heterocycles. The Morgan fingerprint density at radius 3 is 2.71 bits per heavy atom. The number of halogens is 1. The maximum Gasteiger partial charge on any atom is 0.260 e. The number of carbonyl (C=O) groups is 1. The molecule has 0 bridgehead atoms. The normalized spacial score (nSPS) is 9.47. The third kappa shape index (κ3) is 4.51. The van der Waals surface area contributed by atoms with Gasteiger partial charge in [-0.15, -0.1) is 0 Å². The number of ether oxygens (including phenoxy) is 1. The molecule has 0 saturated carbocycles. The van der Waals surface area contributed by atoms with Gasteiger partial charge in [0, 0.05) is 13.6 Å². The van der Waals surface area contributed by atoms with Gasteiger partial charge in [0.2, 0.25) is 0 Å². The number of nitrogens with zero attached hydrogens (tertiary/aromatic N) is 2. The van der Waals surface area contributed by atoms with Gasteiger partial charge in [-0.2, -0.15) is 5.26 Å². The zero-order valence-corrected chi connectivity index (χ0v) is 9.52. The average molecular weight is 236 g/mol. The smallest absolute Gasteiger partial charge is 0.260 e. The van der Waals surface area contributed by atoms with E-state index >= 15 is 0 Å². The van der Waals surface area contributed by atoms with Crippen LogP contribution in [0.1, 0.15) is 6.42 Å². The Hall–Kier alpha value is -2.09. The molecule has 0 saturated heterocycles. The summed E-state index contributed by atoms with van der Waals surface area (Å²) >= 11 is 0. The molecule has 0 aliphatic heterocycles. The molecule has 0 aromatic heterocycles. The second-order valence-corrected chi connectivity index (χ2v) is 3.47. The van der Waals surface area contributed by atoms with E-state index in [4.69, 9.17) is 10.00 Å². The van der Waals surface area contributed by atoms with Crippen molar-refractivity contribution in [2.45, 2.75) is 6.42 Å². The molecule has 0 spiro atoms. The summed E-state index contributed by atoms with van der Waals surface area (Å²) in [6.07, 6.45) is 0.290. The van der Waals surface area contributed by atoms with Gasteiger partial charge >= 0.3 is 0 Å². The third-order valence-corrected chi connectivity index (χ3v) is 2.16. The monoisotopic (exact) mass is 236 g/mol. The van der Waals surface area contributed by atoms with Gasteiger partial charge in [0.25, 0.3) is 5.91 Å². The van der Waals surface area contributed by atoms with Crippen LogP contribution in [0.25, 0.3) is 0 Å². The summed E-state index contributed by atoms with van der Waals surface area (Å²) in [4.78, 5) is 12.9. The van der Waals surface area contributed by atoms with E-state index < -0.39 is 0 Å². The molecule has 4 nitrogen and oxygen atoms in total. The molecule has 90 valence electrons. The minimum absolute atomic E-state index is 0.117. The van der Waals surface area contributed by atoms with Crippen LogP contribution >= 0.6 is 0 Å². The molecule has 0 atom stereocenters. The summed E-state index contributed by atoms with van der Waals surface area (Å²) in [6.45, 7) is 0.260. The number of rotatable bonds is 5. The highest BCUT2D eigenvalue weighted by molar-refractivity contribution is 5.77. The Morgan fingerprint density at radius 1 is 1.47 bits per heavy atom. The summed E-state index contributed by atoms with van der Waals surface area (Å²) in [7, 11) is 1.60. The minimum Gasteiger partial charge on any atom is -0.484 e. The summed E-state index contributed by atoms with van der Waals surface area (Å²) in [5.41, 5.74) is 0. The fraction of sp³-hybridized carbons (Fsp3) is 0.333. The van der Waals surface area contributed by atoms with Crippen LogP contribution in [0.2, 0.25) is 0 Å². The summed E-state index contributed by atoms with van der Waals surface area (Å²) in [5, 5.41) is 8.38. The lowest BCUT2D eigenvalue weighted by molar-refractivity contribution is -0.131. The minimum atomic E-state index is -0.352. The zero-order valence-electron chi connectivity index (χ0n) is 9.52. The predicted octanol–water partition coefficient (Wildman–Crippen LogP) is 1.58. The van der Waals surface area contributed by atoms with Crippen molar-refractivity contribution in [2.75, 3.05) is 20.2 Å². The first kappa shape index (κ1) is 13.0. The molecule has 0 radical (unpaired) electrons. The van der Waals surface area contributed by atoms with Crippen LogP contribution in [0.4, 0.5) is 4.39 Å². The summed E-state index contributed by atoms with van der Waals surface area (Å²) < 4.78 is 17.8. The van der Waals surface area contributed by atoms with E-state index in [1.165, 1.54) is 29.2 Å². The predicted molar refractivity (Wildman–Crippen MR) is 59.8 cm³/mol. The number of benzene rings is 1. The van der Waals surface area contributed by atoms with Crippen LogP contribution < -0.4 is 4.74 Å². The fourth-order valence-corrected chi connectivity index (χ4v) is 1.13. The van der Waals surface area contributed by atoms with Gasteiger partial charge in [0.1, 0.15) is 11.6 Å².